The van der Waals surface area contributed by atoms with E-state index in [2.05, 4.69) is 0 Å². The molecule has 0 spiro atoms. The largest absolute Gasteiger partial charge is 0.475 e. The highest BCUT2D eigenvalue weighted by atomic mass is 19.4. The van der Waals surface area contributed by atoms with Crippen molar-refractivity contribution in [2.75, 3.05) is 13.1 Å². The van der Waals surface area contributed by atoms with Crippen LogP contribution in [0, 0.1) is 0 Å². The number of hydrogen-bond donors (Lipinski definition) is 1. The van der Waals surface area contributed by atoms with E-state index in [0.29, 0.717) is 11.0 Å². The molecule has 0 saturated carbocycles. The van der Waals surface area contributed by atoms with Gasteiger partial charge in [0.25, 0.3) is 0 Å². The van der Waals surface area contributed by atoms with Crippen LogP contribution in [-0.4, -0.2) is 35.2 Å². The van der Waals surface area contributed by atoms with Crippen LogP contribution in [0.1, 0.15) is 23.0 Å². The van der Waals surface area contributed by atoms with E-state index in [0.717, 1.165) is 4.90 Å². The molecule has 4 nitrogen and oxygen atoms in total. The summed E-state index contributed by atoms with van der Waals surface area (Å²) < 4.78 is 42.8. The van der Waals surface area contributed by atoms with Crippen LogP contribution in [0.2, 0.25) is 0 Å². The maximum absolute atomic E-state index is 12.5. The zero-order valence-electron chi connectivity index (χ0n) is 11.3. The molecule has 1 heterocycles. The third-order valence-corrected chi connectivity index (χ3v) is 3.12. The number of nitrogens with zero attached hydrogens (tertiary/aromatic N) is 1. The third-order valence-electron chi connectivity index (χ3n) is 3.12. The van der Waals surface area contributed by atoms with Crippen molar-refractivity contribution in [1.82, 2.24) is 4.90 Å². The van der Waals surface area contributed by atoms with Gasteiger partial charge >= 0.3 is 12.1 Å². The number of para-hydroxylation sites is 1. The Bertz CT molecular complexity index is 648. The molecule has 0 saturated heterocycles. The highest BCUT2D eigenvalue weighted by molar-refractivity contribution is 5.95. The zero-order chi connectivity index (χ0) is 15.6. The summed E-state index contributed by atoms with van der Waals surface area (Å²) >= 11 is 0. The second-order valence-electron chi connectivity index (χ2n) is 4.63. The molecule has 0 fully saturated rings. The summed E-state index contributed by atoms with van der Waals surface area (Å²) in [5, 5.41) is 9.67. The van der Waals surface area contributed by atoms with E-state index >= 15 is 0 Å². The van der Waals surface area contributed by atoms with Gasteiger partial charge in [0, 0.05) is 17.5 Å². The van der Waals surface area contributed by atoms with E-state index in [-0.39, 0.29) is 24.4 Å². The number of benzene rings is 1. The van der Waals surface area contributed by atoms with Crippen molar-refractivity contribution >= 4 is 16.9 Å². The molecule has 2 aromatic rings. The Morgan fingerprint density at radius 2 is 2.00 bits per heavy atom. The van der Waals surface area contributed by atoms with Gasteiger partial charge in [0.15, 0.2) is 0 Å². The maximum atomic E-state index is 12.5. The molecule has 1 aromatic carbocycles. The number of aromatic carboxylic acids is 1. The molecule has 2 rings (SSSR count). The van der Waals surface area contributed by atoms with Gasteiger partial charge in [0.05, 0.1) is 6.54 Å². The second-order valence-corrected chi connectivity index (χ2v) is 4.63. The average Bonchev–Trinajstić information content (AvgIpc) is 2.76. The van der Waals surface area contributed by atoms with Crippen LogP contribution in [0.15, 0.2) is 28.7 Å². The monoisotopic (exact) mass is 301 g/mol. The molecule has 0 aliphatic carbocycles. The van der Waals surface area contributed by atoms with Crippen LogP contribution in [0.25, 0.3) is 11.0 Å². The van der Waals surface area contributed by atoms with Crippen molar-refractivity contribution < 1.29 is 27.5 Å². The fraction of sp³-hybridized carbons (Fsp3) is 0.357. The number of carboxylic acid groups (broad SMARTS) is 1. The summed E-state index contributed by atoms with van der Waals surface area (Å²) in [5.74, 6) is -1.60. The molecular weight excluding hydrogens is 287 g/mol. The Kier molecular flexibility index (Phi) is 4.22. The van der Waals surface area contributed by atoms with E-state index in [1.165, 1.54) is 0 Å². The van der Waals surface area contributed by atoms with Crippen molar-refractivity contribution in [2.24, 2.45) is 0 Å². The standard InChI is InChI=1S/C14H14F3NO3/c1-2-18(8-14(15,16)17)7-10-9-5-3-4-6-11(9)21-12(10)13(19)20/h3-6H,2,7-8H2,1H3,(H,19,20). The second kappa shape index (κ2) is 5.77. The first kappa shape index (κ1) is 15.4. The predicted octanol–water partition coefficient (Wildman–Crippen LogP) is 3.52. The van der Waals surface area contributed by atoms with Gasteiger partial charge in [0.2, 0.25) is 5.76 Å². The molecule has 7 heteroatoms. The van der Waals surface area contributed by atoms with E-state index in [1.54, 1.807) is 31.2 Å². The number of furan rings is 1. The van der Waals surface area contributed by atoms with E-state index in [1.807, 2.05) is 0 Å². The molecule has 0 bridgehead atoms. The van der Waals surface area contributed by atoms with Crippen LogP contribution >= 0.6 is 0 Å². The number of alkyl halides is 3. The molecule has 0 radical (unpaired) electrons. The number of rotatable bonds is 5. The minimum atomic E-state index is -4.33. The topological polar surface area (TPSA) is 53.7 Å². The highest BCUT2D eigenvalue weighted by Crippen LogP contribution is 2.28. The van der Waals surface area contributed by atoms with E-state index < -0.39 is 18.7 Å². The first-order chi connectivity index (χ1) is 9.81. The van der Waals surface area contributed by atoms with Crippen LogP contribution in [0.5, 0.6) is 0 Å². The summed E-state index contributed by atoms with van der Waals surface area (Å²) in [6, 6.07) is 6.59. The quantitative estimate of drug-likeness (QED) is 0.918. The molecule has 1 N–H and O–H groups in total. The molecule has 0 aliphatic heterocycles. The molecular formula is C14H14F3NO3. The van der Waals surface area contributed by atoms with Gasteiger partial charge in [-0.05, 0) is 12.6 Å². The summed E-state index contributed by atoms with van der Waals surface area (Å²) in [5.41, 5.74) is 0.622. The Morgan fingerprint density at radius 3 is 2.57 bits per heavy atom. The average molecular weight is 301 g/mol. The van der Waals surface area contributed by atoms with Crippen LogP contribution < -0.4 is 0 Å². The lowest BCUT2D eigenvalue weighted by atomic mass is 10.1. The highest BCUT2D eigenvalue weighted by Gasteiger charge is 2.31. The molecule has 0 aliphatic rings. The van der Waals surface area contributed by atoms with E-state index in [4.69, 9.17) is 9.52 Å². The lowest BCUT2D eigenvalue weighted by Crippen LogP contribution is -2.33. The third kappa shape index (κ3) is 3.55. The molecule has 0 atom stereocenters. The number of hydrogen-bond acceptors (Lipinski definition) is 3. The Balaban J connectivity index is 2.39. The van der Waals surface area contributed by atoms with Gasteiger partial charge in [-0.2, -0.15) is 13.2 Å². The van der Waals surface area contributed by atoms with Gasteiger partial charge in [0.1, 0.15) is 5.58 Å². The van der Waals surface area contributed by atoms with Gasteiger partial charge in [-0.25, -0.2) is 4.79 Å². The SMILES string of the molecule is CCN(Cc1c(C(=O)O)oc2ccccc12)CC(F)(F)F. The number of carboxylic acids is 1. The van der Waals surface area contributed by atoms with Gasteiger partial charge in [-0.3, -0.25) is 4.90 Å². The number of halogens is 3. The number of fused-ring (bicyclic) bond motifs is 1. The summed E-state index contributed by atoms with van der Waals surface area (Å²) in [6.07, 6.45) is -4.33. The number of carbonyl (C=O) groups is 1. The lowest BCUT2D eigenvalue weighted by molar-refractivity contribution is -0.146. The van der Waals surface area contributed by atoms with E-state index in [9.17, 15) is 18.0 Å². The van der Waals surface area contributed by atoms with Crippen molar-refractivity contribution in [2.45, 2.75) is 19.6 Å². The van der Waals surface area contributed by atoms with Crippen LogP contribution in [0.3, 0.4) is 0 Å². The molecule has 21 heavy (non-hydrogen) atoms. The summed E-state index contributed by atoms with van der Waals surface area (Å²) in [6.45, 7) is 0.517. The zero-order valence-corrected chi connectivity index (χ0v) is 11.3. The fourth-order valence-corrected chi connectivity index (χ4v) is 2.19. The molecule has 114 valence electrons. The van der Waals surface area contributed by atoms with Crippen LogP contribution in [-0.2, 0) is 6.54 Å². The molecule has 0 unspecified atom stereocenters. The summed E-state index contributed by atoms with van der Waals surface area (Å²) in [4.78, 5) is 12.3. The normalized spacial score (nSPS) is 12.2. The lowest BCUT2D eigenvalue weighted by Gasteiger charge is -2.21. The predicted molar refractivity (Wildman–Crippen MR) is 70.2 cm³/mol. The Labute approximate surface area is 118 Å². The Hall–Kier alpha value is -2.02. The van der Waals surface area contributed by atoms with Gasteiger partial charge in [-0.1, -0.05) is 25.1 Å². The van der Waals surface area contributed by atoms with Crippen molar-refractivity contribution in [3.05, 3.63) is 35.6 Å². The fourth-order valence-electron chi connectivity index (χ4n) is 2.19. The van der Waals surface area contributed by atoms with Crippen molar-refractivity contribution in [3.8, 4) is 0 Å². The molecule has 0 amide bonds. The summed E-state index contributed by atoms with van der Waals surface area (Å²) in [7, 11) is 0. The first-order valence-electron chi connectivity index (χ1n) is 6.34. The minimum absolute atomic E-state index is 0.130. The first-order valence-corrected chi connectivity index (χ1v) is 6.34. The Morgan fingerprint density at radius 1 is 1.33 bits per heavy atom. The minimum Gasteiger partial charge on any atom is -0.475 e. The maximum Gasteiger partial charge on any atom is 0.401 e. The van der Waals surface area contributed by atoms with Gasteiger partial charge in [-0.15, -0.1) is 0 Å². The van der Waals surface area contributed by atoms with Crippen molar-refractivity contribution in [3.63, 3.8) is 0 Å². The van der Waals surface area contributed by atoms with Gasteiger partial charge < -0.3 is 9.52 Å². The smallest absolute Gasteiger partial charge is 0.401 e. The molecule has 1 aromatic heterocycles. The van der Waals surface area contributed by atoms with Crippen LogP contribution in [0.4, 0.5) is 13.2 Å². The van der Waals surface area contributed by atoms with Crippen molar-refractivity contribution in [1.29, 1.82) is 0 Å².